The molecule has 226 valence electrons. The lowest BCUT2D eigenvalue weighted by atomic mass is 9.65. The Morgan fingerprint density at radius 1 is 1.05 bits per heavy atom. The molecule has 1 aliphatic carbocycles. The molecule has 0 unspecified atom stereocenters. The summed E-state index contributed by atoms with van der Waals surface area (Å²) in [6, 6.07) is 8.11. The molecule has 0 aromatic heterocycles. The van der Waals surface area contributed by atoms with E-state index in [4.69, 9.17) is 35.3 Å². The van der Waals surface area contributed by atoms with Gasteiger partial charge in [0.2, 0.25) is 17.2 Å². The summed E-state index contributed by atoms with van der Waals surface area (Å²) >= 11 is 6.58. The SMILES string of the molecule is COC(=O)COc1cccc([C@H]2C(C(=O)OC)=C(C)NC3=C2C(=O)[C@@]2(Oc4c(Cl)c(OC)cc(OC)c4C2=O)[C@H](C)C3)c1. The molecule has 1 spiro atoms. The zero-order chi connectivity index (χ0) is 31.2. The minimum absolute atomic E-state index is 0.00874. The van der Waals surface area contributed by atoms with E-state index in [1.807, 2.05) is 0 Å². The number of hydrogen-bond donors (Lipinski definition) is 1. The fourth-order valence-electron chi connectivity index (χ4n) is 5.97. The van der Waals surface area contributed by atoms with E-state index in [2.05, 4.69) is 10.1 Å². The lowest BCUT2D eigenvalue weighted by Crippen LogP contribution is -2.58. The highest BCUT2D eigenvalue weighted by molar-refractivity contribution is 6.36. The van der Waals surface area contributed by atoms with Crippen LogP contribution in [0.3, 0.4) is 0 Å². The summed E-state index contributed by atoms with van der Waals surface area (Å²) in [5.41, 5.74) is -0.0889. The van der Waals surface area contributed by atoms with Crippen LogP contribution < -0.4 is 24.3 Å². The minimum atomic E-state index is -1.99. The fourth-order valence-corrected chi connectivity index (χ4v) is 6.24. The molecule has 0 amide bonds. The largest absolute Gasteiger partial charge is 0.496 e. The summed E-state index contributed by atoms with van der Waals surface area (Å²) < 4.78 is 32.5. The minimum Gasteiger partial charge on any atom is -0.496 e. The Labute approximate surface area is 252 Å². The molecule has 2 heterocycles. The maximum Gasteiger partial charge on any atom is 0.343 e. The summed E-state index contributed by atoms with van der Waals surface area (Å²) in [4.78, 5) is 54.0. The zero-order valence-electron chi connectivity index (χ0n) is 24.4. The molecular weight excluding hydrogens is 582 g/mol. The number of Topliss-reactive ketones (excluding diaryl/α,β-unsaturated/α-hetero) is 2. The summed E-state index contributed by atoms with van der Waals surface area (Å²) in [7, 11) is 5.29. The second-order valence-corrected chi connectivity index (χ2v) is 10.7. The number of benzene rings is 2. The van der Waals surface area contributed by atoms with Crippen LogP contribution in [0.2, 0.25) is 5.02 Å². The van der Waals surface area contributed by atoms with Gasteiger partial charge < -0.3 is 33.7 Å². The smallest absolute Gasteiger partial charge is 0.343 e. The van der Waals surface area contributed by atoms with Gasteiger partial charge in [0.25, 0.3) is 0 Å². The fraction of sp³-hybridized carbons (Fsp3) is 0.355. The van der Waals surface area contributed by atoms with Gasteiger partial charge in [0.05, 0.1) is 34.0 Å². The molecule has 11 nitrogen and oxygen atoms in total. The van der Waals surface area contributed by atoms with Crippen molar-refractivity contribution >= 4 is 35.1 Å². The number of hydrogen-bond acceptors (Lipinski definition) is 11. The maximum absolute atomic E-state index is 14.8. The van der Waals surface area contributed by atoms with Crippen molar-refractivity contribution < 1.29 is 47.6 Å². The van der Waals surface area contributed by atoms with Crippen molar-refractivity contribution in [3.05, 3.63) is 69.0 Å². The van der Waals surface area contributed by atoms with Gasteiger partial charge in [-0.25, -0.2) is 9.59 Å². The number of ketones is 2. The third kappa shape index (κ3) is 4.58. The van der Waals surface area contributed by atoms with Crippen LogP contribution in [-0.2, 0) is 23.9 Å². The van der Waals surface area contributed by atoms with Crippen LogP contribution in [0.1, 0.15) is 42.1 Å². The van der Waals surface area contributed by atoms with Crippen molar-refractivity contribution in [3.8, 4) is 23.0 Å². The number of carbonyl (C=O) groups excluding carboxylic acids is 4. The number of nitrogens with one attached hydrogen (secondary N) is 1. The highest BCUT2D eigenvalue weighted by Gasteiger charge is 2.63. The number of halogens is 1. The molecule has 2 aromatic carbocycles. The molecular formula is C31H30ClNO10. The predicted octanol–water partition coefficient (Wildman–Crippen LogP) is 3.92. The Bertz CT molecular complexity index is 1630. The lowest BCUT2D eigenvalue weighted by molar-refractivity contribution is -0.143. The van der Waals surface area contributed by atoms with Gasteiger partial charge in [-0.05, 0) is 31.0 Å². The van der Waals surface area contributed by atoms with Crippen molar-refractivity contribution in [1.29, 1.82) is 0 Å². The molecule has 0 fully saturated rings. The topological polar surface area (TPSA) is 136 Å². The first-order chi connectivity index (χ1) is 20.5. The Balaban J connectivity index is 1.67. The Morgan fingerprint density at radius 3 is 2.42 bits per heavy atom. The number of fused-ring (bicyclic) bond motifs is 1. The van der Waals surface area contributed by atoms with Crippen LogP contribution in [0, 0.1) is 5.92 Å². The highest BCUT2D eigenvalue weighted by Crippen LogP contribution is 2.56. The maximum atomic E-state index is 14.8. The predicted molar refractivity (Wildman–Crippen MR) is 153 cm³/mol. The molecule has 0 radical (unpaired) electrons. The van der Waals surface area contributed by atoms with Crippen molar-refractivity contribution in [1.82, 2.24) is 5.32 Å². The second-order valence-electron chi connectivity index (χ2n) is 10.3. The normalized spacial score (nSPS) is 22.4. The van der Waals surface area contributed by atoms with E-state index in [-0.39, 0.29) is 52.0 Å². The van der Waals surface area contributed by atoms with E-state index in [9.17, 15) is 19.2 Å². The molecule has 43 heavy (non-hydrogen) atoms. The number of allylic oxidation sites excluding steroid dienone is 2. The van der Waals surface area contributed by atoms with Crippen molar-refractivity contribution in [2.75, 3.05) is 35.0 Å². The van der Waals surface area contributed by atoms with Crippen LogP contribution in [0.5, 0.6) is 23.0 Å². The molecule has 3 atom stereocenters. The quantitative estimate of drug-likeness (QED) is 0.360. The van der Waals surface area contributed by atoms with Gasteiger partial charge >= 0.3 is 11.9 Å². The van der Waals surface area contributed by atoms with E-state index < -0.39 is 40.9 Å². The van der Waals surface area contributed by atoms with Gasteiger partial charge in [0.1, 0.15) is 27.8 Å². The summed E-state index contributed by atoms with van der Waals surface area (Å²) in [5.74, 6) is -3.42. The Kier molecular flexibility index (Phi) is 7.87. The molecule has 0 saturated carbocycles. The van der Waals surface area contributed by atoms with Crippen LogP contribution in [0.4, 0.5) is 0 Å². The molecule has 2 aromatic rings. The average molecular weight is 612 g/mol. The third-order valence-electron chi connectivity index (χ3n) is 8.03. The first-order valence-electron chi connectivity index (χ1n) is 13.4. The van der Waals surface area contributed by atoms with E-state index in [1.165, 1.54) is 34.5 Å². The summed E-state index contributed by atoms with van der Waals surface area (Å²) in [5, 5.41) is 3.24. The Hall–Kier alpha value is -4.51. The van der Waals surface area contributed by atoms with E-state index in [0.29, 0.717) is 22.7 Å². The molecule has 12 heteroatoms. The van der Waals surface area contributed by atoms with Crippen LogP contribution in [0.15, 0.2) is 52.9 Å². The van der Waals surface area contributed by atoms with Gasteiger partial charge in [-0.15, -0.1) is 0 Å². The molecule has 0 saturated heterocycles. The van der Waals surface area contributed by atoms with E-state index in [0.717, 1.165) is 0 Å². The van der Waals surface area contributed by atoms with Crippen LogP contribution >= 0.6 is 11.6 Å². The summed E-state index contributed by atoms with van der Waals surface area (Å²) in [6.45, 7) is 3.12. The van der Waals surface area contributed by atoms with Gasteiger partial charge in [-0.2, -0.15) is 0 Å². The number of carbonyl (C=O) groups is 4. The molecule has 1 N–H and O–H groups in total. The van der Waals surface area contributed by atoms with Crippen LogP contribution in [0.25, 0.3) is 0 Å². The number of ether oxygens (including phenoxy) is 6. The standard InChI is InChI=1S/C31H30ClNO10/c1-14-10-18-24(28(35)31(14)29(36)25-19(38-3)12-20(39-4)26(32)27(25)43-31)23(22(15(2)33-18)30(37)41-6)16-8-7-9-17(11-16)42-13-21(34)40-5/h7-9,11-12,14,23,33H,10,13H2,1-6H3/t14-,23+,31+/m1/s1. The van der Waals surface area contributed by atoms with Gasteiger partial charge in [0, 0.05) is 34.9 Å². The summed E-state index contributed by atoms with van der Waals surface area (Å²) in [6.07, 6.45) is 0.235. The first kappa shape index (κ1) is 30.0. The molecule has 2 aliphatic heterocycles. The van der Waals surface area contributed by atoms with E-state index >= 15 is 0 Å². The van der Waals surface area contributed by atoms with Gasteiger partial charge in [0.15, 0.2) is 12.4 Å². The second kappa shape index (κ2) is 11.3. The van der Waals surface area contributed by atoms with Crippen molar-refractivity contribution in [2.45, 2.75) is 31.8 Å². The number of esters is 2. The van der Waals surface area contributed by atoms with E-state index in [1.54, 1.807) is 38.1 Å². The Morgan fingerprint density at radius 2 is 1.77 bits per heavy atom. The van der Waals surface area contributed by atoms with Gasteiger partial charge in [-0.3, -0.25) is 9.59 Å². The van der Waals surface area contributed by atoms with Crippen molar-refractivity contribution in [3.63, 3.8) is 0 Å². The zero-order valence-corrected chi connectivity index (χ0v) is 25.2. The molecule has 3 aliphatic rings. The average Bonchev–Trinajstić information content (AvgIpc) is 3.32. The van der Waals surface area contributed by atoms with Crippen molar-refractivity contribution in [2.24, 2.45) is 5.92 Å². The molecule has 0 bridgehead atoms. The number of rotatable bonds is 7. The van der Waals surface area contributed by atoms with Gasteiger partial charge in [-0.1, -0.05) is 30.7 Å². The monoisotopic (exact) mass is 611 g/mol. The molecule has 5 rings (SSSR count). The highest BCUT2D eigenvalue weighted by atomic mass is 35.5. The van der Waals surface area contributed by atoms with Crippen LogP contribution in [-0.4, -0.2) is 64.2 Å². The third-order valence-corrected chi connectivity index (χ3v) is 8.39. The lowest BCUT2D eigenvalue weighted by Gasteiger charge is -2.42. The first-order valence-corrected chi connectivity index (χ1v) is 13.7. The number of dihydropyridines is 1. The number of methoxy groups -OCH3 is 4.